The van der Waals surface area contributed by atoms with Crippen LogP contribution in [-0.2, 0) is 4.79 Å². The Labute approximate surface area is 158 Å². The first-order chi connectivity index (χ1) is 13.2. The first-order valence-corrected chi connectivity index (χ1v) is 10.1. The number of H-pyrrole nitrogens is 1. The molecule has 1 aromatic heterocycles. The fourth-order valence-electron chi connectivity index (χ4n) is 5.25. The van der Waals surface area contributed by atoms with Gasteiger partial charge >= 0.3 is 0 Å². The predicted octanol–water partition coefficient (Wildman–Crippen LogP) is 2.36. The number of fused-ring (bicyclic) bond motifs is 1. The van der Waals surface area contributed by atoms with Gasteiger partial charge in [0, 0.05) is 31.2 Å². The normalized spacial score (nSPS) is 26.6. The van der Waals surface area contributed by atoms with Crippen molar-refractivity contribution in [3.05, 3.63) is 23.8 Å². The maximum atomic E-state index is 13.3. The Morgan fingerprint density at radius 1 is 1.07 bits per heavy atom. The van der Waals surface area contributed by atoms with Crippen molar-refractivity contribution in [2.75, 3.05) is 19.6 Å². The SMILES string of the molecule is O=C(c1ccc2n[nH]nc2c1)N1CC[C@@]2(CCCN(C3CCCC3)C2=O)C1. The van der Waals surface area contributed by atoms with E-state index in [1.165, 1.54) is 12.8 Å². The molecule has 3 heterocycles. The molecule has 0 radical (unpaired) electrons. The topological polar surface area (TPSA) is 82.2 Å². The number of piperidine rings is 1. The quantitative estimate of drug-likeness (QED) is 0.883. The minimum Gasteiger partial charge on any atom is -0.339 e. The van der Waals surface area contributed by atoms with E-state index in [1.807, 2.05) is 11.0 Å². The molecule has 1 aromatic carbocycles. The van der Waals surface area contributed by atoms with Crippen LogP contribution in [0.3, 0.4) is 0 Å². The van der Waals surface area contributed by atoms with Gasteiger partial charge in [0.1, 0.15) is 11.0 Å². The van der Waals surface area contributed by atoms with Crippen molar-refractivity contribution >= 4 is 22.8 Å². The molecule has 5 rings (SSSR count). The molecule has 142 valence electrons. The Balaban J connectivity index is 1.35. The molecule has 2 amide bonds. The third kappa shape index (κ3) is 2.71. The van der Waals surface area contributed by atoms with E-state index < -0.39 is 0 Å². The molecule has 3 fully saturated rings. The van der Waals surface area contributed by atoms with Crippen LogP contribution in [0, 0.1) is 5.41 Å². The van der Waals surface area contributed by atoms with Crippen molar-refractivity contribution in [2.45, 2.75) is 51.0 Å². The van der Waals surface area contributed by atoms with Gasteiger partial charge in [-0.2, -0.15) is 15.4 Å². The van der Waals surface area contributed by atoms with Gasteiger partial charge in [0.2, 0.25) is 5.91 Å². The van der Waals surface area contributed by atoms with Gasteiger partial charge in [0.25, 0.3) is 5.91 Å². The summed E-state index contributed by atoms with van der Waals surface area (Å²) in [5, 5.41) is 10.7. The average molecular weight is 367 g/mol. The Bertz CT molecular complexity index is 887. The maximum absolute atomic E-state index is 13.3. The highest BCUT2D eigenvalue weighted by atomic mass is 16.2. The van der Waals surface area contributed by atoms with E-state index in [9.17, 15) is 9.59 Å². The van der Waals surface area contributed by atoms with Crippen LogP contribution >= 0.6 is 0 Å². The molecule has 7 nitrogen and oxygen atoms in total. The van der Waals surface area contributed by atoms with Crippen LogP contribution in [0.5, 0.6) is 0 Å². The second-order valence-corrected chi connectivity index (χ2v) is 8.32. The van der Waals surface area contributed by atoms with Gasteiger partial charge in [-0.3, -0.25) is 9.59 Å². The van der Waals surface area contributed by atoms with Crippen LogP contribution in [0.1, 0.15) is 55.3 Å². The molecule has 2 aliphatic heterocycles. The van der Waals surface area contributed by atoms with Crippen LogP contribution in [0.4, 0.5) is 0 Å². The Morgan fingerprint density at radius 2 is 1.89 bits per heavy atom. The minimum absolute atomic E-state index is 0.0115. The van der Waals surface area contributed by atoms with Crippen molar-refractivity contribution in [2.24, 2.45) is 5.41 Å². The van der Waals surface area contributed by atoms with E-state index in [0.717, 1.165) is 44.2 Å². The standard InChI is InChI=1S/C20H25N5O2/c26-18(14-6-7-16-17(12-14)22-23-21-16)24-11-9-20(13-24)8-3-10-25(19(20)27)15-4-1-2-5-15/h6-7,12,15H,1-5,8-11,13H2,(H,21,22,23)/t20-/m0/s1. The van der Waals surface area contributed by atoms with E-state index in [2.05, 4.69) is 20.3 Å². The van der Waals surface area contributed by atoms with E-state index >= 15 is 0 Å². The number of benzene rings is 1. The lowest BCUT2D eigenvalue weighted by atomic mass is 9.77. The molecule has 2 saturated heterocycles. The van der Waals surface area contributed by atoms with Crippen LogP contribution in [0.25, 0.3) is 11.0 Å². The molecule has 1 spiro atoms. The lowest BCUT2D eigenvalue weighted by Gasteiger charge is -2.42. The second-order valence-electron chi connectivity index (χ2n) is 8.32. The third-order valence-corrected chi connectivity index (χ3v) is 6.74. The molecule has 1 saturated carbocycles. The Morgan fingerprint density at radius 3 is 2.74 bits per heavy atom. The molecule has 1 aliphatic carbocycles. The zero-order chi connectivity index (χ0) is 18.4. The van der Waals surface area contributed by atoms with Crippen LogP contribution in [-0.4, -0.2) is 62.7 Å². The summed E-state index contributed by atoms with van der Waals surface area (Å²) < 4.78 is 0. The number of rotatable bonds is 2. The molecule has 27 heavy (non-hydrogen) atoms. The number of carbonyl (C=O) groups is 2. The van der Waals surface area contributed by atoms with Gasteiger partial charge in [-0.25, -0.2) is 0 Å². The van der Waals surface area contributed by atoms with Crippen molar-refractivity contribution < 1.29 is 9.59 Å². The summed E-state index contributed by atoms with van der Waals surface area (Å²) in [4.78, 5) is 30.4. The summed E-state index contributed by atoms with van der Waals surface area (Å²) in [5.41, 5.74) is 1.69. The summed E-state index contributed by atoms with van der Waals surface area (Å²) >= 11 is 0. The Hall–Kier alpha value is -2.44. The fourth-order valence-corrected chi connectivity index (χ4v) is 5.25. The van der Waals surface area contributed by atoms with Gasteiger partial charge in [-0.15, -0.1) is 0 Å². The molecular formula is C20H25N5O2. The number of aromatic nitrogens is 3. The van der Waals surface area contributed by atoms with Crippen molar-refractivity contribution in [3.63, 3.8) is 0 Å². The number of amides is 2. The summed E-state index contributed by atoms with van der Waals surface area (Å²) in [7, 11) is 0. The van der Waals surface area contributed by atoms with Crippen LogP contribution in [0.2, 0.25) is 0 Å². The summed E-state index contributed by atoms with van der Waals surface area (Å²) in [6.45, 7) is 2.09. The first-order valence-electron chi connectivity index (χ1n) is 10.1. The van der Waals surface area contributed by atoms with Gasteiger partial charge in [-0.1, -0.05) is 12.8 Å². The number of hydrogen-bond donors (Lipinski definition) is 1. The highest BCUT2D eigenvalue weighted by Crippen LogP contribution is 2.42. The molecular weight excluding hydrogens is 342 g/mol. The molecule has 0 bridgehead atoms. The molecule has 0 unspecified atom stereocenters. The summed E-state index contributed by atoms with van der Waals surface area (Å²) in [6, 6.07) is 5.81. The highest BCUT2D eigenvalue weighted by Gasteiger charge is 2.50. The molecule has 1 atom stereocenters. The number of aromatic amines is 1. The van der Waals surface area contributed by atoms with E-state index in [4.69, 9.17) is 0 Å². The number of nitrogens with one attached hydrogen (secondary N) is 1. The van der Waals surface area contributed by atoms with Crippen molar-refractivity contribution in [1.82, 2.24) is 25.2 Å². The number of carbonyl (C=O) groups excluding carboxylic acids is 2. The zero-order valence-electron chi connectivity index (χ0n) is 15.5. The first kappa shape index (κ1) is 16.7. The minimum atomic E-state index is -0.367. The average Bonchev–Trinajstić information content (AvgIpc) is 3.44. The van der Waals surface area contributed by atoms with Crippen LogP contribution < -0.4 is 0 Å². The smallest absolute Gasteiger partial charge is 0.253 e. The van der Waals surface area contributed by atoms with Gasteiger partial charge in [0.15, 0.2) is 0 Å². The maximum Gasteiger partial charge on any atom is 0.253 e. The largest absolute Gasteiger partial charge is 0.339 e. The van der Waals surface area contributed by atoms with Crippen molar-refractivity contribution in [1.29, 1.82) is 0 Å². The predicted molar refractivity (Wildman–Crippen MR) is 100 cm³/mol. The van der Waals surface area contributed by atoms with Crippen LogP contribution in [0.15, 0.2) is 18.2 Å². The molecule has 2 aromatic rings. The monoisotopic (exact) mass is 367 g/mol. The number of nitrogens with zero attached hydrogens (tertiary/aromatic N) is 4. The number of likely N-dealkylation sites (tertiary alicyclic amines) is 2. The highest BCUT2D eigenvalue weighted by molar-refractivity contribution is 5.98. The lowest BCUT2D eigenvalue weighted by molar-refractivity contribution is -0.148. The fraction of sp³-hybridized carbons (Fsp3) is 0.600. The summed E-state index contributed by atoms with van der Waals surface area (Å²) in [5.74, 6) is 0.283. The molecule has 3 aliphatic rings. The van der Waals surface area contributed by atoms with Gasteiger partial charge < -0.3 is 9.80 Å². The zero-order valence-corrected chi connectivity index (χ0v) is 15.5. The molecule has 7 heteroatoms. The van der Waals surface area contributed by atoms with Gasteiger partial charge in [0.05, 0.1) is 5.41 Å². The van der Waals surface area contributed by atoms with E-state index in [1.54, 1.807) is 12.1 Å². The third-order valence-electron chi connectivity index (χ3n) is 6.74. The summed E-state index contributed by atoms with van der Waals surface area (Å²) in [6.07, 6.45) is 7.49. The van der Waals surface area contributed by atoms with E-state index in [-0.39, 0.29) is 11.3 Å². The lowest BCUT2D eigenvalue weighted by Crippen LogP contribution is -2.53. The van der Waals surface area contributed by atoms with E-state index in [0.29, 0.717) is 36.1 Å². The number of hydrogen-bond acceptors (Lipinski definition) is 4. The Kier molecular flexibility index (Phi) is 3.91. The van der Waals surface area contributed by atoms with Gasteiger partial charge in [-0.05, 0) is 50.3 Å². The second kappa shape index (κ2) is 6.32. The molecule has 1 N–H and O–H groups in total. The van der Waals surface area contributed by atoms with Crippen molar-refractivity contribution in [3.8, 4) is 0 Å².